The number of carbonyl (C=O) groups is 1. The molecule has 112 valence electrons. The van der Waals surface area contributed by atoms with Gasteiger partial charge in [-0.1, -0.05) is 6.92 Å². The molecule has 1 aromatic heterocycles. The number of anilines is 1. The molecule has 0 saturated carbocycles. The number of aryl methyl sites for hydroxylation is 1. The van der Waals surface area contributed by atoms with Crippen LogP contribution in [0.4, 0.5) is 5.69 Å². The molecule has 1 heterocycles. The normalized spacial score (nSPS) is 12.4. The molecule has 0 bridgehead atoms. The molecule has 1 N–H and O–H groups in total. The van der Waals surface area contributed by atoms with Gasteiger partial charge < -0.3 is 5.32 Å². The maximum atomic E-state index is 12.2. The number of carbonyl (C=O) groups excluding carboxylic acids is 1. The maximum Gasteiger partial charge on any atom is 0.241 e. The Kier molecular flexibility index (Phi) is 4.70. The molecule has 1 atom stereocenters. The summed E-state index contributed by atoms with van der Waals surface area (Å²) in [5.41, 5.74) is 1.70. The SMILES string of the molecule is CCC(C(=O)Nc1ccc(-c2ncn(C)n2)cc1)N(C)C. The van der Waals surface area contributed by atoms with E-state index in [9.17, 15) is 4.79 Å². The average Bonchev–Trinajstić information content (AvgIpc) is 2.86. The molecule has 0 spiro atoms. The predicted molar refractivity (Wildman–Crippen MR) is 82.8 cm³/mol. The number of benzene rings is 1. The van der Waals surface area contributed by atoms with Crippen molar-refractivity contribution in [1.82, 2.24) is 19.7 Å². The van der Waals surface area contributed by atoms with Gasteiger partial charge in [0.1, 0.15) is 6.33 Å². The van der Waals surface area contributed by atoms with Crippen molar-refractivity contribution in [2.45, 2.75) is 19.4 Å². The first-order valence-corrected chi connectivity index (χ1v) is 6.94. The van der Waals surface area contributed by atoms with Crippen LogP contribution in [0.15, 0.2) is 30.6 Å². The van der Waals surface area contributed by atoms with Gasteiger partial charge in [0.2, 0.25) is 5.91 Å². The minimum atomic E-state index is -0.123. The Bertz CT molecular complexity index is 603. The lowest BCUT2D eigenvalue weighted by molar-refractivity contribution is -0.120. The topological polar surface area (TPSA) is 63.1 Å². The fourth-order valence-electron chi connectivity index (χ4n) is 2.18. The Hall–Kier alpha value is -2.21. The lowest BCUT2D eigenvalue weighted by Crippen LogP contribution is -2.39. The van der Waals surface area contributed by atoms with Crippen LogP contribution in [0.5, 0.6) is 0 Å². The van der Waals surface area contributed by atoms with Gasteiger partial charge in [-0.3, -0.25) is 14.4 Å². The minimum Gasteiger partial charge on any atom is -0.325 e. The number of hydrogen-bond donors (Lipinski definition) is 1. The Labute approximate surface area is 124 Å². The van der Waals surface area contributed by atoms with Crippen molar-refractivity contribution in [1.29, 1.82) is 0 Å². The van der Waals surface area contributed by atoms with E-state index in [-0.39, 0.29) is 11.9 Å². The lowest BCUT2D eigenvalue weighted by Gasteiger charge is -2.21. The first-order chi connectivity index (χ1) is 10.0. The highest BCUT2D eigenvalue weighted by molar-refractivity contribution is 5.94. The van der Waals surface area contributed by atoms with E-state index in [1.165, 1.54) is 0 Å². The standard InChI is InChI=1S/C15H21N5O/c1-5-13(19(2)3)15(21)17-12-8-6-11(7-9-12)14-16-10-20(4)18-14/h6-10,13H,5H2,1-4H3,(H,17,21). The molecule has 0 radical (unpaired) electrons. The second kappa shape index (κ2) is 6.49. The van der Waals surface area contributed by atoms with Crippen LogP contribution in [-0.2, 0) is 11.8 Å². The zero-order chi connectivity index (χ0) is 15.4. The van der Waals surface area contributed by atoms with Crippen LogP contribution in [0.25, 0.3) is 11.4 Å². The summed E-state index contributed by atoms with van der Waals surface area (Å²) in [6.07, 6.45) is 2.43. The van der Waals surface area contributed by atoms with Gasteiger partial charge in [-0.2, -0.15) is 5.10 Å². The van der Waals surface area contributed by atoms with Gasteiger partial charge in [-0.05, 0) is 44.8 Å². The summed E-state index contributed by atoms with van der Waals surface area (Å²) in [6.45, 7) is 2.00. The number of amides is 1. The molecular weight excluding hydrogens is 266 g/mol. The molecule has 2 aromatic rings. The summed E-state index contributed by atoms with van der Waals surface area (Å²) in [4.78, 5) is 18.3. The third-order valence-electron chi connectivity index (χ3n) is 3.32. The number of rotatable bonds is 5. The van der Waals surface area contributed by atoms with Gasteiger partial charge in [-0.25, -0.2) is 4.98 Å². The summed E-state index contributed by atoms with van der Waals surface area (Å²) in [6, 6.07) is 7.42. The molecule has 0 aliphatic rings. The number of nitrogens with one attached hydrogen (secondary N) is 1. The van der Waals surface area contributed by atoms with E-state index >= 15 is 0 Å². The number of hydrogen-bond acceptors (Lipinski definition) is 4. The molecule has 2 rings (SSSR count). The van der Waals surface area contributed by atoms with E-state index in [1.807, 2.05) is 57.2 Å². The predicted octanol–water partition coefficient (Wildman–Crippen LogP) is 1.76. The van der Waals surface area contributed by atoms with Crippen molar-refractivity contribution >= 4 is 11.6 Å². The van der Waals surface area contributed by atoms with Gasteiger partial charge in [0.25, 0.3) is 0 Å². The molecular formula is C15H21N5O. The zero-order valence-corrected chi connectivity index (χ0v) is 12.9. The smallest absolute Gasteiger partial charge is 0.241 e. The number of aromatic nitrogens is 3. The molecule has 6 nitrogen and oxygen atoms in total. The largest absolute Gasteiger partial charge is 0.325 e. The van der Waals surface area contributed by atoms with Crippen LogP contribution in [0.2, 0.25) is 0 Å². The van der Waals surface area contributed by atoms with Crippen LogP contribution >= 0.6 is 0 Å². The molecule has 0 aliphatic heterocycles. The van der Waals surface area contributed by atoms with E-state index in [2.05, 4.69) is 15.4 Å². The van der Waals surface area contributed by atoms with Gasteiger partial charge in [0.05, 0.1) is 6.04 Å². The van der Waals surface area contributed by atoms with Crippen LogP contribution in [0.1, 0.15) is 13.3 Å². The van der Waals surface area contributed by atoms with E-state index < -0.39 is 0 Å². The molecule has 6 heteroatoms. The van der Waals surface area contributed by atoms with Crippen molar-refractivity contribution in [2.24, 2.45) is 7.05 Å². The molecule has 21 heavy (non-hydrogen) atoms. The molecule has 1 unspecified atom stereocenters. The van der Waals surface area contributed by atoms with E-state index in [0.29, 0.717) is 5.82 Å². The highest BCUT2D eigenvalue weighted by Crippen LogP contribution is 2.18. The van der Waals surface area contributed by atoms with Crippen LogP contribution in [-0.4, -0.2) is 45.7 Å². The Morgan fingerprint density at radius 1 is 1.33 bits per heavy atom. The Morgan fingerprint density at radius 3 is 2.48 bits per heavy atom. The van der Waals surface area contributed by atoms with Crippen LogP contribution in [0.3, 0.4) is 0 Å². The summed E-state index contributed by atoms with van der Waals surface area (Å²) < 4.78 is 1.66. The van der Waals surface area contributed by atoms with E-state index in [4.69, 9.17) is 0 Å². The molecule has 0 aliphatic carbocycles. The van der Waals surface area contributed by atoms with Gasteiger partial charge >= 0.3 is 0 Å². The number of likely N-dealkylation sites (N-methyl/N-ethyl adjacent to an activating group) is 1. The lowest BCUT2D eigenvalue weighted by atomic mass is 10.1. The Balaban J connectivity index is 2.07. The number of nitrogens with zero attached hydrogens (tertiary/aromatic N) is 4. The van der Waals surface area contributed by atoms with Crippen molar-refractivity contribution in [3.63, 3.8) is 0 Å². The summed E-state index contributed by atoms with van der Waals surface area (Å²) in [5, 5.41) is 7.18. The quantitative estimate of drug-likeness (QED) is 0.910. The van der Waals surface area contributed by atoms with E-state index in [1.54, 1.807) is 11.0 Å². The summed E-state index contributed by atoms with van der Waals surface area (Å²) >= 11 is 0. The van der Waals surface area contributed by atoms with Crippen molar-refractivity contribution in [2.75, 3.05) is 19.4 Å². The van der Waals surface area contributed by atoms with Crippen LogP contribution < -0.4 is 5.32 Å². The first kappa shape index (κ1) is 15.2. The van der Waals surface area contributed by atoms with Crippen LogP contribution in [0, 0.1) is 0 Å². The van der Waals surface area contributed by atoms with Crippen molar-refractivity contribution < 1.29 is 4.79 Å². The van der Waals surface area contributed by atoms with Crippen molar-refractivity contribution in [3.8, 4) is 11.4 Å². The third-order valence-corrected chi connectivity index (χ3v) is 3.32. The fourth-order valence-corrected chi connectivity index (χ4v) is 2.18. The molecule has 1 aromatic carbocycles. The zero-order valence-electron chi connectivity index (χ0n) is 12.9. The minimum absolute atomic E-state index is 0.00575. The van der Waals surface area contributed by atoms with Crippen molar-refractivity contribution in [3.05, 3.63) is 30.6 Å². The van der Waals surface area contributed by atoms with E-state index in [0.717, 1.165) is 17.7 Å². The first-order valence-electron chi connectivity index (χ1n) is 6.94. The Morgan fingerprint density at radius 2 is 2.00 bits per heavy atom. The molecule has 1 amide bonds. The second-order valence-electron chi connectivity index (χ2n) is 5.20. The summed E-state index contributed by atoms with van der Waals surface area (Å²) in [7, 11) is 5.64. The molecule has 0 saturated heterocycles. The van der Waals surface area contributed by atoms with Gasteiger partial charge in [-0.15, -0.1) is 0 Å². The average molecular weight is 287 g/mol. The highest BCUT2D eigenvalue weighted by Gasteiger charge is 2.18. The maximum absolute atomic E-state index is 12.2. The third kappa shape index (κ3) is 3.66. The molecule has 0 fully saturated rings. The second-order valence-corrected chi connectivity index (χ2v) is 5.20. The monoisotopic (exact) mass is 287 g/mol. The van der Waals surface area contributed by atoms with Gasteiger partial charge in [0, 0.05) is 18.3 Å². The van der Waals surface area contributed by atoms with Gasteiger partial charge in [0.15, 0.2) is 5.82 Å². The fraction of sp³-hybridized carbons (Fsp3) is 0.400. The highest BCUT2D eigenvalue weighted by atomic mass is 16.2. The summed E-state index contributed by atoms with van der Waals surface area (Å²) in [5.74, 6) is 0.682.